The van der Waals surface area contributed by atoms with E-state index in [1.807, 2.05) is 24.3 Å². The standard InChI is InChI=1S/C21H16O6/c1-25-18(22)12-8-6-10-14-15(12)11-7-4-5-9-13(11)21(14)16(19(23)26-2)17(21)20(24)27-3/h4-10H,1-3H3. The second-order valence-corrected chi connectivity index (χ2v) is 6.25. The summed E-state index contributed by atoms with van der Waals surface area (Å²) in [6.07, 6.45) is 0. The number of rotatable bonds is 3. The van der Waals surface area contributed by atoms with E-state index in [2.05, 4.69) is 0 Å². The van der Waals surface area contributed by atoms with Crippen LogP contribution in [0.1, 0.15) is 21.5 Å². The molecule has 0 saturated heterocycles. The molecule has 0 unspecified atom stereocenters. The first-order valence-corrected chi connectivity index (χ1v) is 8.27. The molecule has 6 heteroatoms. The molecule has 136 valence electrons. The zero-order valence-electron chi connectivity index (χ0n) is 15.0. The van der Waals surface area contributed by atoms with Gasteiger partial charge in [-0.25, -0.2) is 14.4 Å². The van der Waals surface area contributed by atoms with E-state index >= 15 is 0 Å². The molecular weight excluding hydrogens is 348 g/mol. The highest BCUT2D eigenvalue weighted by atomic mass is 16.5. The highest BCUT2D eigenvalue weighted by Crippen LogP contribution is 2.67. The molecule has 0 aromatic heterocycles. The summed E-state index contributed by atoms with van der Waals surface area (Å²) < 4.78 is 14.8. The third kappa shape index (κ3) is 1.98. The van der Waals surface area contributed by atoms with Gasteiger partial charge in [-0.1, -0.05) is 36.4 Å². The summed E-state index contributed by atoms with van der Waals surface area (Å²) in [6.45, 7) is 0. The van der Waals surface area contributed by atoms with E-state index in [9.17, 15) is 14.4 Å². The molecule has 0 amide bonds. The number of hydrogen-bond acceptors (Lipinski definition) is 6. The maximum Gasteiger partial charge on any atom is 0.338 e. The lowest BCUT2D eigenvalue weighted by atomic mass is 9.85. The van der Waals surface area contributed by atoms with Crippen molar-refractivity contribution in [3.05, 3.63) is 70.3 Å². The van der Waals surface area contributed by atoms with E-state index in [0.717, 1.165) is 11.1 Å². The quantitative estimate of drug-likeness (QED) is 0.615. The molecule has 0 radical (unpaired) electrons. The summed E-state index contributed by atoms with van der Waals surface area (Å²) in [7, 11) is 3.85. The molecule has 2 aromatic carbocycles. The lowest BCUT2D eigenvalue weighted by Crippen LogP contribution is -2.19. The van der Waals surface area contributed by atoms with Gasteiger partial charge in [-0.2, -0.15) is 0 Å². The molecule has 2 aliphatic rings. The Morgan fingerprint density at radius 2 is 1.26 bits per heavy atom. The van der Waals surface area contributed by atoms with Crippen LogP contribution in [0.15, 0.2) is 53.6 Å². The maximum absolute atomic E-state index is 12.5. The maximum atomic E-state index is 12.5. The topological polar surface area (TPSA) is 78.9 Å². The average Bonchev–Trinajstić information content (AvgIpc) is 3.33. The Labute approximate surface area is 155 Å². The Morgan fingerprint density at radius 3 is 1.85 bits per heavy atom. The third-order valence-corrected chi connectivity index (χ3v) is 5.19. The first-order valence-electron chi connectivity index (χ1n) is 8.27. The molecule has 0 N–H and O–H groups in total. The van der Waals surface area contributed by atoms with Crippen LogP contribution in [0.4, 0.5) is 0 Å². The monoisotopic (exact) mass is 364 g/mol. The van der Waals surface area contributed by atoms with Crippen LogP contribution in [-0.4, -0.2) is 39.2 Å². The van der Waals surface area contributed by atoms with Crippen LogP contribution in [0.2, 0.25) is 0 Å². The van der Waals surface area contributed by atoms with Gasteiger partial charge >= 0.3 is 17.9 Å². The first-order chi connectivity index (χ1) is 13.0. The minimum atomic E-state index is -1.06. The van der Waals surface area contributed by atoms with Crippen LogP contribution in [0, 0.1) is 0 Å². The summed E-state index contributed by atoms with van der Waals surface area (Å²) >= 11 is 0. The van der Waals surface area contributed by atoms with Gasteiger partial charge < -0.3 is 14.2 Å². The zero-order chi connectivity index (χ0) is 19.3. The SMILES string of the molecule is COC(=O)C1=C(C(=O)OC)C12c1ccccc1-c1c(C(=O)OC)cccc12. The zero-order valence-corrected chi connectivity index (χ0v) is 15.0. The van der Waals surface area contributed by atoms with E-state index in [-0.39, 0.29) is 11.1 Å². The highest BCUT2D eigenvalue weighted by Gasteiger charge is 2.67. The number of hydrogen-bond donors (Lipinski definition) is 0. The molecule has 0 bridgehead atoms. The predicted octanol–water partition coefficient (Wildman–Crippen LogP) is 2.40. The van der Waals surface area contributed by atoms with Crippen LogP contribution in [0.3, 0.4) is 0 Å². The van der Waals surface area contributed by atoms with Crippen molar-refractivity contribution >= 4 is 17.9 Å². The molecular formula is C21H16O6. The number of benzene rings is 2. The molecule has 6 nitrogen and oxygen atoms in total. The Balaban J connectivity index is 2.05. The summed E-state index contributed by atoms with van der Waals surface area (Å²) in [5.41, 5.74) is 2.64. The molecule has 0 heterocycles. The minimum absolute atomic E-state index is 0.241. The van der Waals surface area contributed by atoms with Gasteiger partial charge in [0, 0.05) is 5.56 Å². The van der Waals surface area contributed by atoms with Crippen LogP contribution in [-0.2, 0) is 29.2 Å². The van der Waals surface area contributed by atoms with Crippen LogP contribution < -0.4 is 0 Å². The second-order valence-electron chi connectivity index (χ2n) is 6.25. The van der Waals surface area contributed by atoms with Gasteiger partial charge in [0.25, 0.3) is 0 Å². The summed E-state index contributed by atoms with van der Waals surface area (Å²) in [5, 5.41) is 0. The molecule has 2 aromatic rings. The van der Waals surface area contributed by atoms with Crippen molar-refractivity contribution in [3.63, 3.8) is 0 Å². The van der Waals surface area contributed by atoms with Crippen molar-refractivity contribution in [1.29, 1.82) is 0 Å². The fraction of sp³-hybridized carbons (Fsp3) is 0.190. The number of esters is 3. The van der Waals surface area contributed by atoms with Gasteiger partial charge in [-0.3, -0.25) is 0 Å². The van der Waals surface area contributed by atoms with Crippen molar-refractivity contribution in [3.8, 4) is 11.1 Å². The van der Waals surface area contributed by atoms with Crippen molar-refractivity contribution in [1.82, 2.24) is 0 Å². The molecule has 0 aliphatic heterocycles. The average molecular weight is 364 g/mol. The largest absolute Gasteiger partial charge is 0.466 e. The third-order valence-electron chi connectivity index (χ3n) is 5.19. The number of fused-ring (bicyclic) bond motifs is 5. The molecule has 1 spiro atoms. The second kappa shape index (κ2) is 5.81. The van der Waals surface area contributed by atoms with Crippen molar-refractivity contribution in [2.45, 2.75) is 5.41 Å². The normalized spacial score (nSPS) is 15.1. The fourth-order valence-corrected chi connectivity index (χ4v) is 4.14. The molecule has 2 aliphatic carbocycles. The smallest absolute Gasteiger partial charge is 0.338 e. The first kappa shape index (κ1) is 17.0. The van der Waals surface area contributed by atoms with Crippen LogP contribution in [0.5, 0.6) is 0 Å². The minimum Gasteiger partial charge on any atom is -0.466 e. The van der Waals surface area contributed by atoms with Crippen molar-refractivity contribution < 1.29 is 28.6 Å². The predicted molar refractivity (Wildman–Crippen MR) is 95.1 cm³/mol. The van der Waals surface area contributed by atoms with Gasteiger partial charge in [0.05, 0.1) is 43.5 Å². The van der Waals surface area contributed by atoms with Crippen LogP contribution in [0.25, 0.3) is 11.1 Å². The lowest BCUT2D eigenvalue weighted by Gasteiger charge is -2.16. The molecule has 0 fully saturated rings. The van der Waals surface area contributed by atoms with E-state index < -0.39 is 23.3 Å². The Bertz CT molecular complexity index is 1020. The number of methoxy groups -OCH3 is 3. The van der Waals surface area contributed by atoms with Gasteiger partial charge in [-0.05, 0) is 22.8 Å². The Morgan fingerprint density at radius 1 is 0.704 bits per heavy atom. The molecule has 0 atom stereocenters. The lowest BCUT2D eigenvalue weighted by molar-refractivity contribution is -0.137. The number of carbonyl (C=O) groups is 3. The molecule has 27 heavy (non-hydrogen) atoms. The van der Waals surface area contributed by atoms with E-state index in [1.165, 1.54) is 21.3 Å². The molecule has 0 saturated carbocycles. The van der Waals surface area contributed by atoms with Crippen LogP contribution >= 0.6 is 0 Å². The van der Waals surface area contributed by atoms with Gasteiger partial charge in [0.15, 0.2) is 0 Å². The van der Waals surface area contributed by atoms with Gasteiger partial charge in [0.2, 0.25) is 0 Å². The van der Waals surface area contributed by atoms with E-state index in [0.29, 0.717) is 16.7 Å². The Kier molecular flexibility index (Phi) is 3.66. The van der Waals surface area contributed by atoms with Gasteiger partial charge in [-0.15, -0.1) is 0 Å². The number of carbonyl (C=O) groups excluding carboxylic acids is 3. The van der Waals surface area contributed by atoms with Crippen molar-refractivity contribution in [2.75, 3.05) is 21.3 Å². The Hall–Kier alpha value is -3.41. The summed E-state index contributed by atoms with van der Waals surface area (Å²) in [4.78, 5) is 37.3. The van der Waals surface area contributed by atoms with Crippen molar-refractivity contribution in [2.24, 2.45) is 0 Å². The highest BCUT2D eigenvalue weighted by molar-refractivity contribution is 6.19. The number of ether oxygens (including phenoxy) is 3. The van der Waals surface area contributed by atoms with E-state index in [1.54, 1.807) is 18.2 Å². The summed E-state index contributed by atoms with van der Waals surface area (Å²) in [6, 6.07) is 12.5. The van der Waals surface area contributed by atoms with Gasteiger partial charge in [0.1, 0.15) is 0 Å². The summed E-state index contributed by atoms with van der Waals surface area (Å²) in [5.74, 6) is -1.68. The van der Waals surface area contributed by atoms with E-state index in [4.69, 9.17) is 14.2 Å². The molecule has 4 rings (SSSR count). The fourth-order valence-electron chi connectivity index (χ4n) is 4.14.